The van der Waals surface area contributed by atoms with E-state index < -0.39 is 11.7 Å². The Hall–Kier alpha value is -2.81. The molecule has 0 unspecified atom stereocenters. The van der Waals surface area contributed by atoms with E-state index in [1.165, 1.54) is 35.6 Å². The fraction of sp³-hybridized carbons (Fsp3) is 0.118. The molecule has 0 spiro atoms. The third-order valence-electron chi connectivity index (χ3n) is 3.79. The van der Waals surface area contributed by atoms with Crippen LogP contribution >= 0.6 is 11.3 Å². The lowest BCUT2D eigenvalue weighted by Crippen LogP contribution is -2.04. The first-order valence-electron chi connectivity index (χ1n) is 7.53. The molecule has 0 aliphatic carbocycles. The summed E-state index contributed by atoms with van der Waals surface area (Å²) in [6, 6.07) is 10.8. The van der Waals surface area contributed by atoms with Crippen molar-refractivity contribution < 1.29 is 17.6 Å². The molecule has 9 heteroatoms. The van der Waals surface area contributed by atoms with Crippen LogP contribution in [0.4, 0.5) is 17.6 Å². The van der Waals surface area contributed by atoms with E-state index in [2.05, 4.69) is 15.3 Å². The van der Waals surface area contributed by atoms with Crippen LogP contribution in [0, 0.1) is 5.82 Å². The average Bonchev–Trinajstić information content (AvgIpc) is 3.18. The molecule has 4 nitrogen and oxygen atoms in total. The maximum atomic E-state index is 13.0. The van der Waals surface area contributed by atoms with E-state index in [4.69, 9.17) is 0 Å². The summed E-state index contributed by atoms with van der Waals surface area (Å²) in [5.74, 6) is 0.249. The van der Waals surface area contributed by atoms with Crippen molar-refractivity contribution >= 4 is 16.3 Å². The molecule has 0 aliphatic heterocycles. The summed E-state index contributed by atoms with van der Waals surface area (Å²) in [4.78, 5) is 0.539. The summed E-state index contributed by atoms with van der Waals surface area (Å²) in [5, 5.41) is 13.1. The highest BCUT2D eigenvalue weighted by atomic mass is 32.1. The van der Waals surface area contributed by atoms with Gasteiger partial charge >= 0.3 is 6.18 Å². The molecule has 26 heavy (non-hydrogen) atoms. The second-order valence-electron chi connectivity index (χ2n) is 5.60. The molecule has 132 valence electrons. The molecule has 0 saturated carbocycles. The molecular weight excluding hydrogens is 368 g/mol. The smallest absolute Gasteiger partial charge is 0.207 e. The summed E-state index contributed by atoms with van der Waals surface area (Å²) in [6.45, 7) is 0. The van der Waals surface area contributed by atoms with Gasteiger partial charge in [-0.1, -0.05) is 35.6 Å². The van der Waals surface area contributed by atoms with Crippen molar-refractivity contribution in [1.29, 1.82) is 0 Å². The van der Waals surface area contributed by atoms with E-state index >= 15 is 0 Å². The minimum absolute atomic E-state index is 0.321. The SMILES string of the molecule is Fc1ccc(Cc2nnc3sc(-c4ccc(C(F)(F)F)cc4)nn23)cc1. The monoisotopic (exact) mass is 378 g/mol. The van der Waals surface area contributed by atoms with E-state index in [-0.39, 0.29) is 5.82 Å². The lowest BCUT2D eigenvalue weighted by Gasteiger charge is -2.06. The van der Waals surface area contributed by atoms with Crippen molar-refractivity contribution in [2.75, 3.05) is 0 Å². The topological polar surface area (TPSA) is 43.1 Å². The van der Waals surface area contributed by atoms with Crippen LogP contribution in [0.2, 0.25) is 0 Å². The van der Waals surface area contributed by atoms with Crippen molar-refractivity contribution in [3.05, 3.63) is 71.3 Å². The molecule has 2 aromatic carbocycles. The van der Waals surface area contributed by atoms with Gasteiger partial charge in [0.2, 0.25) is 4.96 Å². The van der Waals surface area contributed by atoms with Gasteiger partial charge in [0.1, 0.15) is 10.8 Å². The third kappa shape index (κ3) is 3.17. The predicted octanol–water partition coefficient (Wildman–Crippen LogP) is 4.60. The fourth-order valence-corrected chi connectivity index (χ4v) is 3.33. The standard InChI is InChI=1S/C17H10F4N4S/c18-13-7-1-10(2-8-13)9-14-22-23-16-25(14)24-15(26-16)11-3-5-12(6-4-11)17(19,20)21/h1-8H,9H2. The van der Waals surface area contributed by atoms with Crippen LogP contribution < -0.4 is 0 Å². The molecule has 2 heterocycles. The molecule has 0 atom stereocenters. The zero-order chi connectivity index (χ0) is 18.3. The van der Waals surface area contributed by atoms with Gasteiger partial charge in [-0.25, -0.2) is 4.39 Å². The van der Waals surface area contributed by atoms with Gasteiger partial charge in [-0.05, 0) is 29.8 Å². The second kappa shape index (κ2) is 6.17. The van der Waals surface area contributed by atoms with Crippen LogP contribution in [0.5, 0.6) is 0 Å². The van der Waals surface area contributed by atoms with E-state index in [0.29, 0.717) is 27.8 Å². The molecule has 4 rings (SSSR count). The average molecular weight is 378 g/mol. The number of rotatable bonds is 3. The molecule has 0 saturated heterocycles. The van der Waals surface area contributed by atoms with Crippen LogP contribution in [0.1, 0.15) is 17.0 Å². The first kappa shape index (κ1) is 16.6. The van der Waals surface area contributed by atoms with Crippen molar-refractivity contribution in [2.45, 2.75) is 12.6 Å². The Morgan fingerprint density at radius 3 is 2.27 bits per heavy atom. The van der Waals surface area contributed by atoms with Gasteiger partial charge in [0, 0.05) is 12.0 Å². The molecule has 0 bridgehead atoms. The van der Waals surface area contributed by atoms with Crippen LogP contribution in [-0.2, 0) is 12.6 Å². The van der Waals surface area contributed by atoms with Crippen molar-refractivity contribution in [1.82, 2.24) is 19.8 Å². The lowest BCUT2D eigenvalue weighted by molar-refractivity contribution is -0.137. The van der Waals surface area contributed by atoms with Gasteiger partial charge < -0.3 is 0 Å². The first-order chi connectivity index (χ1) is 12.4. The van der Waals surface area contributed by atoms with Crippen molar-refractivity contribution in [3.63, 3.8) is 0 Å². The summed E-state index contributed by atoms with van der Waals surface area (Å²) in [7, 11) is 0. The number of nitrogens with zero attached hydrogens (tertiary/aromatic N) is 4. The Labute approximate surface area is 148 Å². The zero-order valence-electron chi connectivity index (χ0n) is 13.0. The number of fused-ring (bicyclic) bond motifs is 1. The summed E-state index contributed by atoms with van der Waals surface area (Å²) >= 11 is 1.23. The number of halogens is 4. The van der Waals surface area contributed by atoms with Crippen LogP contribution in [0.15, 0.2) is 48.5 Å². The van der Waals surface area contributed by atoms with Crippen LogP contribution in [0.3, 0.4) is 0 Å². The highest BCUT2D eigenvalue weighted by molar-refractivity contribution is 7.19. The van der Waals surface area contributed by atoms with E-state index in [0.717, 1.165) is 17.7 Å². The Morgan fingerprint density at radius 1 is 0.923 bits per heavy atom. The van der Waals surface area contributed by atoms with E-state index in [1.54, 1.807) is 16.6 Å². The lowest BCUT2D eigenvalue weighted by atomic mass is 10.1. The van der Waals surface area contributed by atoms with Gasteiger partial charge in [-0.3, -0.25) is 0 Å². The van der Waals surface area contributed by atoms with Crippen molar-refractivity contribution in [2.24, 2.45) is 0 Å². The molecular formula is C17H10F4N4S. The first-order valence-corrected chi connectivity index (χ1v) is 8.35. The number of hydrogen-bond donors (Lipinski definition) is 0. The molecule has 0 amide bonds. The van der Waals surface area contributed by atoms with Gasteiger partial charge in [0.15, 0.2) is 5.82 Å². The normalized spacial score (nSPS) is 12.0. The second-order valence-corrected chi connectivity index (χ2v) is 6.55. The minimum Gasteiger partial charge on any atom is -0.207 e. The summed E-state index contributed by atoms with van der Waals surface area (Å²) < 4.78 is 52.6. The minimum atomic E-state index is -4.37. The largest absolute Gasteiger partial charge is 0.416 e. The number of alkyl halides is 3. The number of hydrogen-bond acceptors (Lipinski definition) is 4. The van der Waals surface area contributed by atoms with E-state index in [1.807, 2.05) is 0 Å². The third-order valence-corrected chi connectivity index (χ3v) is 4.74. The van der Waals surface area contributed by atoms with Gasteiger partial charge in [-0.15, -0.1) is 10.2 Å². The van der Waals surface area contributed by atoms with Gasteiger partial charge in [0.25, 0.3) is 0 Å². The number of benzene rings is 2. The highest BCUT2D eigenvalue weighted by Gasteiger charge is 2.30. The molecule has 2 aromatic heterocycles. The molecule has 0 radical (unpaired) electrons. The van der Waals surface area contributed by atoms with Crippen LogP contribution in [-0.4, -0.2) is 19.8 Å². The van der Waals surface area contributed by atoms with Gasteiger partial charge in [-0.2, -0.15) is 22.8 Å². The maximum Gasteiger partial charge on any atom is 0.416 e. The highest BCUT2D eigenvalue weighted by Crippen LogP contribution is 2.32. The molecule has 4 aromatic rings. The Balaban J connectivity index is 1.64. The zero-order valence-corrected chi connectivity index (χ0v) is 13.9. The quantitative estimate of drug-likeness (QED) is 0.489. The molecule has 0 aliphatic rings. The fourth-order valence-electron chi connectivity index (χ4n) is 2.47. The maximum absolute atomic E-state index is 13.0. The summed E-state index contributed by atoms with van der Waals surface area (Å²) in [5.41, 5.74) is 0.715. The Bertz CT molecular complexity index is 1050. The Kier molecular flexibility index (Phi) is 3.95. The summed E-state index contributed by atoms with van der Waals surface area (Å²) in [6.07, 6.45) is -3.96. The van der Waals surface area contributed by atoms with Gasteiger partial charge in [0.05, 0.1) is 5.56 Å². The molecule has 0 fully saturated rings. The molecule has 0 N–H and O–H groups in total. The predicted molar refractivity (Wildman–Crippen MR) is 88.3 cm³/mol. The van der Waals surface area contributed by atoms with Crippen molar-refractivity contribution in [3.8, 4) is 10.6 Å². The number of aromatic nitrogens is 4. The Morgan fingerprint density at radius 2 is 1.62 bits per heavy atom. The van der Waals surface area contributed by atoms with Crippen LogP contribution in [0.25, 0.3) is 15.5 Å². The van der Waals surface area contributed by atoms with E-state index in [9.17, 15) is 17.6 Å².